The van der Waals surface area contributed by atoms with Gasteiger partial charge in [-0.15, -0.1) is 0 Å². The molecular weight excluding hydrogens is 231 g/mol. The van der Waals surface area contributed by atoms with Crippen LogP contribution in [-0.2, 0) is 0 Å². The lowest BCUT2D eigenvalue weighted by molar-refractivity contribution is 0.627. The van der Waals surface area contributed by atoms with Crippen molar-refractivity contribution in [1.82, 2.24) is 9.55 Å². The first-order valence-electron chi connectivity index (χ1n) is 5.47. The summed E-state index contributed by atoms with van der Waals surface area (Å²) in [5.41, 5.74) is 0.472. The maximum Gasteiger partial charge on any atom is 0.264 e. The monoisotopic (exact) mass is 240 g/mol. The summed E-state index contributed by atoms with van der Waals surface area (Å²) in [4.78, 5) is 16.2. The van der Waals surface area contributed by atoms with Crippen LogP contribution in [0.3, 0.4) is 0 Å². The van der Waals surface area contributed by atoms with Crippen molar-refractivity contribution < 1.29 is 4.39 Å². The van der Waals surface area contributed by atoms with Gasteiger partial charge in [-0.25, -0.2) is 4.39 Å². The number of hydrogen-bond donors (Lipinski definition) is 0. The molecule has 0 aliphatic rings. The Labute approximate surface area is 102 Å². The van der Waals surface area contributed by atoms with Crippen LogP contribution < -0.4 is 5.56 Å². The fourth-order valence-corrected chi connectivity index (χ4v) is 1.89. The number of hydrogen-bond acceptors (Lipinski definition) is 2. The highest BCUT2D eigenvalue weighted by Crippen LogP contribution is 2.11. The number of rotatable bonds is 1. The Bertz CT molecular complexity index is 763. The number of pyridine rings is 2. The predicted molar refractivity (Wildman–Crippen MR) is 67.3 cm³/mol. The Balaban J connectivity index is 2.27. The molecule has 4 heteroatoms. The summed E-state index contributed by atoms with van der Waals surface area (Å²) < 4.78 is 14.3. The molecule has 0 saturated carbocycles. The lowest BCUT2D eigenvalue weighted by Crippen LogP contribution is -2.17. The quantitative estimate of drug-likeness (QED) is 0.655. The van der Waals surface area contributed by atoms with Crippen LogP contribution in [0, 0.1) is 5.82 Å². The lowest BCUT2D eigenvalue weighted by Gasteiger charge is -2.06. The van der Waals surface area contributed by atoms with Crippen molar-refractivity contribution in [2.45, 2.75) is 0 Å². The molecule has 0 aliphatic heterocycles. The van der Waals surface area contributed by atoms with Crippen LogP contribution in [0.4, 0.5) is 4.39 Å². The van der Waals surface area contributed by atoms with Gasteiger partial charge in [0.1, 0.15) is 5.82 Å². The maximum absolute atomic E-state index is 12.9. The fourth-order valence-electron chi connectivity index (χ4n) is 1.89. The molecule has 0 spiro atoms. The van der Waals surface area contributed by atoms with Crippen LogP contribution in [-0.4, -0.2) is 9.55 Å². The Hall–Kier alpha value is -2.49. The molecule has 88 valence electrons. The van der Waals surface area contributed by atoms with Crippen LogP contribution >= 0.6 is 0 Å². The van der Waals surface area contributed by atoms with E-state index in [1.807, 2.05) is 6.07 Å². The van der Waals surface area contributed by atoms with Crippen molar-refractivity contribution in [2.75, 3.05) is 0 Å². The van der Waals surface area contributed by atoms with E-state index in [1.165, 1.54) is 22.9 Å². The first-order valence-corrected chi connectivity index (χ1v) is 5.47. The van der Waals surface area contributed by atoms with E-state index in [4.69, 9.17) is 0 Å². The van der Waals surface area contributed by atoms with E-state index in [0.717, 1.165) is 5.39 Å². The Morgan fingerprint density at radius 1 is 1.06 bits per heavy atom. The Morgan fingerprint density at radius 3 is 2.61 bits per heavy atom. The number of fused-ring (bicyclic) bond motifs is 1. The number of aromatic nitrogens is 2. The molecule has 1 aromatic carbocycles. The zero-order valence-corrected chi connectivity index (χ0v) is 9.38. The molecule has 3 aromatic rings. The minimum Gasteiger partial charge on any atom is -0.284 e. The lowest BCUT2D eigenvalue weighted by atomic mass is 10.2. The maximum atomic E-state index is 12.9. The van der Waals surface area contributed by atoms with Crippen LogP contribution in [0.25, 0.3) is 16.5 Å². The van der Waals surface area contributed by atoms with Crippen LogP contribution in [0.1, 0.15) is 0 Å². The molecule has 0 bridgehead atoms. The molecule has 0 radical (unpaired) electrons. The van der Waals surface area contributed by atoms with Gasteiger partial charge >= 0.3 is 0 Å². The van der Waals surface area contributed by atoms with Gasteiger partial charge in [0.2, 0.25) is 0 Å². The third-order valence-electron chi connectivity index (χ3n) is 2.81. The summed E-state index contributed by atoms with van der Waals surface area (Å²) >= 11 is 0. The largest absolute Gasteiger partial charge is 0.284 e. The molecule has 0 unspecified atom stereocenters. The first-order chi connectivity index (χ1) is 8.75. The zero-order chi connectivity index (χ0) is 12.5. The molecule has 0 amide bonds. The molecule has 18 heavy (non-hydrogen) atoms. The minimum absolute atomic E-state index is 0.160. The molecule has 3 rings (SSSR count). The van der Waals surface area contributed by atoms with Gasteiger partial charge in [-0.05, 0) is 41.8 Å². The van der Waals surface area contributed by atoms with E-state index in [9.17, 15) is 9.18 Å². The fraction of sp³-hybridized carbons (Fsp3) is 0. The highest BCUT2D eigenvalue weighted by atomic mass is 19.1. The summed E-state index contributed by atoms with van der Waals surface area (Å²) in [6.45, 7) is 0. The van der Waals surface area contributed by atoms with Crippen LogP contribution in [0.2, 0.25) is 0 Å². The molecule has 0 atom stereocenters. The highest BCUT2D eigenvalue weighted by Gasteiger charge is 2.04. The second-order valence-corrected chi connectivity index (χ2v) is 3.93. The van der Waals surface area contributed by atoms with E-state index >= 15 is 0 Å². The smallest absolute Gasteiger partial charge is 0.264 e. The van der Waals surface area contributed by atoms with Gasteiger partial charge < -0.3 is 0 Å². The van der Waals surface area contributed by atoms with Crippen molar-refractivity contribution in [3.8, 4) is 5.69 Å². The zero-order valence-electron chi connectivity index (χ0n) is 9.38. The van der Waals surface area contributed by atoms with E-state index in [0.29, 0.717) is 11.1 Å². The van der Waals surface area contributed by atoms with Gasteiger partial charge in [-0.1, -0.05) is 0 Å². The van der Waals surface area contributed by atoms with Gasteiger partial charge in [-0.3, -0.25) is 14.3 Å². The van der Waals surface area contributed by atoms with Gasteiger partial charge in [0.15, 0.2) is 0 Å². The van der Waals surface area contributed by atoms with Crippen molar-refractivity contribution in [3.63, 3.8) is 0 Å². The summed E-state index contributed by atoms with van der Waals surface area (Å²) in [6.07, 6.45) is 4.86. The molecule has 2 heterocycles. The van der Waals surface area contributed by atoms with Crippen LogP contribution in [0.5, 0.6) is 0 Å². The highest BCUT2D eigenvalue weighted by molar-refractivity contribution is 5.80. The molecule has 2 aromatic heterocycles. The number of nitrogens with zero attached hydrogens (tertiary/aromatic N) is 2. The molecular formula is C14H9FN2O. The predicted octanol–water partition coefficient (Wildman–Crippen LogP) is 2.52. The molecule has 0 aliphatic carbocycles. The van der Waals surface area contributed by atoms with Gasteiger partial charge in [-0.2, -0.15) is 0 Å². The Morgan fingerprint density at radius 2 is 1.83 bits per heavy atom. The summed E-state index contributed by atoms with van der Waals surface area (Å²) in [6, 6.07) is 9.41. The Kier molecular flexibility index (Phi) is 2.41. The third kappa shape index (κ3) is 1.68. The average Bonchev–Trinajstić information content (AvgIpc) is 2.41. The van der Waals surface area contributed by atoms with E-state index in [1.54, 1.807) is 30.6 Å². The van der Waals surface area contributed by atoms with E-state index in [2.05, 4.69) is 4.98 Å². The second-order valence-electron chi connectivity index (χ2n) is 3.93. The van der Waals surface area contributed by atoms with E-state index in [-0.39, 0.29) is 11.4 Å². The standard InChI is InChI=1S/C14H9FN2O/c15-11-1-3-12(4-2-11)17-8-6-10-5-7-16-9-13(10)14(17)18/h1-9H. The second kappa shape index (κ2) is 4.07. The van der Waals surface area contributed by atoms with Crippen molar-refractivity contribution in [3.05, 3.63) is 71.2 Å². The molecule has 0 saturated heterocycles. The first kappa shape index (κ1) is 10.7. The summed E-state index contributed by atoms with van der Waals surface area (Å²) in [5, 5.41) is 1.39. The van der Waals surface area contributed by atoms with Crippen LogP contribution in [0.15, 0.2) is 59.8 Å². The van der Waals surface area contributed by atoms with Gasteiger partial charge in [0, 0.05) is 24.3 Å². The van der Waals surface area contributed by atoms with Gasteiger partial charge in [0.25, 0.3) is 5.56 Å². The van der Waals surface area contributed by atoms with Crippen molar-refractivity contribution in [1.29, 1.82) is 0 Å². The molecule has 0 N–H and O–H groups in total. The van der Waals surface area contributed by atoms with Crippen molar-refractivity contribution in [2.24, 2.45) is 0 Å². The number of halogens is 1. The van der Waals surface area contributed by atoms with E-state index < -0.39 is 0 Å². The number of benzene rings is 1. The molecule has 0 fully saturated rings. The average molecular weight is 240 g/mol. The third-order valence-corrected chi connectivity index (χ3v) is 2.81. The van der Waals surface area contributed by atoms with Gasteiger partial charge in [0.05, 0.1) is 5.39 Å². The van der Waals surface area contributed by atoms with Crippen molar-refractivity contribution >= 4 is 10.8 Å². The topological polar surface area (TPSA) is 34.9 Å². The SMILES string of the molecule is O=c1c2cnccc2ccn1-c1ccc(F)cc1. The normalized spacial score (nSPS) is 10.7. The summed E-state index contributed by atoms with van der Waals surface area (Å²) in [7, 11) is 0. The minimum atomic E-state index is -0.325. The summed E-state index contributed by atoms with van der Waals surface area (Å²) in [5.74, 6) is -0.325. The molecule has 3 nitrogen and oxygen atoms in total.